The summed E-state index contributed by atoms with van der Waals surface area (Å²) in [5.74, 6) is -0.124. The van der Waals surface area contributed by atoms with Gasteiger partial charge in [0.15, 0.2) is 0 Å². The minimum absolute atomic E-state index is 0.233. The Morgan fingerprint density at radius 3 is 2.09 bits per heavy atom. The van der Waals surface area contributed by atoms with Gasteiger partial charge in [-0.15, -0.1) is 0 Å². The molecule has 0 spiro atoms. The van der Waals surface area contributed by atoms with Crippen molar-refractivity contribution >= 4 is 12.1 Å². The lowest BCUT2D eigenvalue weighted by Gasteiger charge is -2.26. The second-order valence-corrected chi connectivity index (χ2v) is 10.4. The van der Waals surface area contributed by atoms with E-state index in [1.54, 1.807) is 13.1 Å². The summed E-state index contributed by atoms with van der Waals surface area (Å²) in [6, 6.07) is 4.24. The van der Waals surface area contributed by atoms with Crippen LogP contribution in [0.15, 0.2) is 18.2 Å². The molecule has 0 radical (unpaired) electrons. The highest BCUT2D eigenvalue weighted by Gasteiger charge is 2.25. The van der Waals surface area contributed by atoms with Gasteiger partial charge in [0.05, 0.1) is 19.6 Å². The standard InChI is InChI=1S/C26H42FNO6/c1-25(2,3)33-23(29)19(13-11-14-28(7)24(30)34-26(4,5)6)12-9-10-15-32-22-17-20(27)16-21(18-22)31-8/h16-19H,9-15H2,1-8H3. The zero-order valence-electron chi connectivity index (χ0n) is 22.0. The quantitative estimate of drug-likeness (QED) is 0.269. The molecule has 34 heavy (non-hydrogen) atoms. The predicted molar refractivity (Wildman–Crippen MR) is 130 cm³/mol. The molecule has 0 fully saturated rings. The summed E-state index contributed by atoms with van der Waals surface area (Å²) in [6.07, 6.45) is 2.96. The summed E-state index contributed by atoms with van der Waals surface area (Å²) in [4.78, 5) is 26.4. The van der Waals surface area contributed by atoms with Crippen molar-refractivity contribution in [2.75, 3.05) is 27.3 Å². The van der Waals surface area contributed by atoms with Gasteiger partial charge in [-0.1, -0.05) is 0 Å². The van der Waals surface area contributed by atoms with E-state index in [0.717, 1.165) is 6.42 Å². The number of benzene rings is 1. The van der Waals surface area contributed by atoms with Crippen LogP contribution in [-0.4, -0.2) is 55.5 Å². The number of carbonyl (C=O) groups is 2. The molecule has 0 aromatic heterocycles. The number of halogens is 1. The molecule has 7 nitrogen and oxygen atoms in total. The number of carbonyl (C=O) groups excluding carboxylic acids is 2. The van der Waals surface area contributed by atoms with Crippen molar-refractivity contribution < 1.29 is 32.9 Å². The molecular formula is C26H42FNO6. The van der Waals surface area contributed by atoms with Crippen LogP contribution in [0.5, 0.6) is 11.5 Å². The van der Waals surface area contributed by atoms with Crippen molar-refractivity contribution in [3.63, 3.8) is 0 Å². The molecule has 1 unspecified atom stereocenters. The van der Waals surface area contributed by atoms with Crippen LogP contribution in [0.25, 0.3) is 0 Å². The van der Waals surface area contributed by atoms with E-state index in [1.165, 1.54) is 24.1 Å². The second-order valence-electron chi connectivity index (χ2n) is 10.4. The fraction of sp³-hybridized carbons (Fsp3) is 0.692. The molecule has 0 N–H and O–H groups in total. The van der Waals surface area contributed by atoms with Crippen LogP contribution in [0.1, 0.15) is 73.6 Å². The Labute approximate surface area is 203 Å². The van der Waals surface area contributed by atoms with E-state index in [1.807, 2.05) is 41.5 Å². The van der Waals surface area contributed by atoms with Crippen molar-refractivity contribution in [3.05, 3.63) is 24.0 Å². The molecule has 8 heteroatoms. The third-order valence-electron chi connectivity index (χ3n) is 4.79. The first kappa shape index (κ1) is 29.5. The number of hydrogen-bond donors (Lipinski definition) is 0. The third-order valence-corrected chi connectivity index (χ3v) is 4.79. The van der Waals surface area contributed by atoms with E-state index in [4.69, 9.17) is 18.9 Å². The average molecular weight is 484 g/mol. The van der Waals surface area contributed by atoms with Crippen LogP contribution < -0.4 is 9.47 Å². The van der Waals surface area contributed by atoms with Crippen LogP contribution >= 0.6 is 0 Å². The molecule has 0 bridgehead atoms. The van der Waals surface area contributed by atoms with Crippen molar-refractivity contribution in [3.8, 4) is 11.5 Å². The number of unbranched alkanes of at least 4 members (excludes halogenated alkanes) is 1. The summed E-state index contributed by atoms with van der Waals surface area (Å²) in [5.41, 5.74) is -1.12. The highest BCUT2D eigenvalue weighted by molar-refractivity contribution is 5.72. The summed E-state index contributed by atoms with van der Waals surface area (Å²) in [6.45, 7) is 11.9. The lowest BCUT2D eigenvalue weighted by molar-refractivity contribution is -0.160. The summed E-state index contributed by atoms with van der Waals surface area (Å²) in [5, 5.41) is 0. The van der Waals surface area contributed by atoms with Crippen LogP contribution in [0.3, 0.4) is 0 Å². The number of rotatable bonds is 12. The van der Waals surface area contributed by atoms with Gasteiger partial charge in [-0.2, -0.15) is 0 Å². The number of nitrogens with zero attached hydrogens (tertiary/aromatic N) is 1. The Kier molecular flexibility index (Phi) is 11.6. The topological polar surface area (TPSA) is 74.3 Å². The maximum Gasteiger partial charge on any atom is 0.410 e. The maximum atomic E-state index is 13.6. The average Bonchev–Trinajstić information content (AvgIpc) is 2.68. The summed E-state index contributed by atoms with van der Waals surface area (Å²) >= 11 is 0. The second kappa shape index (κ2) is 13.4. The highest BCUT2D eigenvalue weighted by Crippen LogP contribution is 2.23. The molecule has 0 aliphatic carbocycles. The van der Waals surface area contributed by atoms with Gasteiger partial charge in [-0.05, 0) is 73.6 Å². The van der Waals surface area contributed by atoms with Gasteiger partial charge in [-0.3, -0.25) is 4.79 Å². The van der Waals surface area contributed by atoms with E-state index in [9.17, 15) is 14.0 Å². The minimum atomic E-state index is -0.567. The normalized spacial score (nSPS) is 12.6. The number of ether oxygens (including phenoxy) is 4. The van der Waals surface area contributed by atoms with Crippen LogP contribution in [-0.2, 0) is 14.3 Å². The molecule has 1 aromatic carbocycles. The Balaban J connectivity index is 2.55. The molecule has 1 rings (SSSR count). The lowest BCUT2D eigenvalue weighted by atomic mass is 9.96. The molecule has 1 amide bonds. The summed E-state index contributed by atoms with van der Waals surface area (Å²) in [7, 11) is 3.16. The van der Waals surface area contributed by atoms with Gasteiger partial charge in [0.2, 0.25) is 0 Å². The zero-order chi connectivity index (χ0) is 25.9. The number of hydrogen-bond acceptors (Lipinski definition) is 6. The van der Waals surface area contributed by atoms with Gasteiger partial charge in [0.25, 0.3) is 0 Å². The minimum Gasteiger partial charge on any atom is -0.497 e. The zero-order valence-corrected chi connectivity index (χ0v) is 22.0. The van der Waals surface area contributed by atoms with Crippen LogP contribution in [0.4, 0.5) is 9.18 Å². The maximum absolute atomic E-state index is 13.6. The number of amides is 1. The largest absolute Gasteiger partial charge is 0.497 e. The Morgan fingerprint density at radius 1 is 0.912 bits per heavy atom. The molecule has 1 atom stereocenters. The molecule has 0 aliphatic rings. The number of esters is 1. The summed E-state index contributed by atoms with van der Waals surface area (Å²) < 4.78 is 35.2. The lowest BCUT2D eigenvalue weighted by Crippen LogP contribution is -2.35. The first-order chi connectivity index (χ1) is 15.7. The van der Waals surface area contributed by atoms with E-state index in [0.29, 0.717) is 50.3 Å². The smallest absolute Gasteiger partial charge is 0.410 e. The molecule has 0 saturated heterocycles. The van der Waals surface area contributed by atoms with Crippen molar-refractivity contribution in [2.45, 2.75) is 84.8 Å². The third kappa shape index (κ3) is 12.7. The molecule has 1 aromatic rings. The fourth-order valence-corrected chi connectivity index (χ4v) is 3.19. The van der Waals surface area contributed by atoms with Crippen LogP contribution in [0.2, 0.25) is 0 Å². The van der Waals surface area contributed by atoms with E-state index in [-0.39, 0.29) is 18.0 Å². The van der Waals surface area contributed by atoms with Gasteiger partial charge < -0.3 is 23.8 Å². The molecule has 0 heterocycles. The van der Waals surface area contributed by atoms with Crippen molar-refractivity contribution in [1.82, 2.24) is 4.90 Å². The van der Waals surface area contributed by atoms with E-state index in [2.05, 4.69) is 0 Å². The monoisotopic (exact) mass is 483 g/mol. The van der Waals surface area contributed by atoms with Gasteiger partial charge >= 0.3 is 12.1 Å². The Morgan fingerprint density at radius 2 is 1.50 bits per heavy atom. The molecule has 194 valence electrons. The molecular weight excluding hydrogens is 441 g/mol. The Bertz CT molecular complexity index is 784. The molecule has 0 saturated carbocycles. The predicted octanol–water partition coefficient (Wildman–Crippen LogP) is 5.99. The Hall–Kier alpha value is -2.51. The number of methoxy groups -OCH3 is 1. The highest BCUT2D eigenvalue weighted by atomic mass is 19.1. The van der Waals surface area contributed by atoms with Crippen molar-refractivity contribution in [1.29, 1.82) is 0 Å². The van der Waals surface area contributed by atoms with E-state index < -0.39 is 17.0 Å². The van der Waals surface area contributed by atoms with Gasteiger partial charge in [-0.25, -0.2) is 9.18 Å². The fourth-order valence-electron chi connectivity index (χ4n) is 3.19. The first-order valence-electron chi connectivity index (χ1n) is 11.8. The van der Waals surface area contributed by atoms with Crippen molar-refractivity contribution in [2.24, 2.45) is 5.92 Å². The van der Waals surface area contributed by atoms with Gasteiger partial charge in [0, 0.05) is 31.8 Å². The van der Waals surface area contributed by atoms with E-state index >= 15 is 0 Å². The molecule has 0 aliphatic heterocycles. The SMILES string of the molecule is COc1cc(F)cc(OCCCCC(CCCN(C)C(=O)OC(C)(C)C)C(=O)OC(C)(C)C)c1. The first-order valence-corrected chi connectivity index (χ1v) is 11.8. The van der Waals surface area contributed by atoms with Gasteiger partial charge in [0.1, 0.15) is 28.5 Å². The van der Waals surface area contributed by atoms with Crippen LogP contribution in [0, 0.1) is 11.7 Å².